The van der Waals surface area contributed by atoms with E-state index in [4.69, 9.17) is 0 Å². The van der Waals surface area contributed by atoms with Crippen LogP contribution < -0.4 is 4.90 Å². The lowest BCUT2D eigenvalue weighted by Crippen LogP contribution is -2.64. The maximum Gasteiger partial charge on any atom is 0.225 e. The van der Waals surface area contributed by atoms with Gasteiger partial charge in [-0.1, -0.05) is 19.3 Å². The van der Waals surface area contributed by atoms with E-state index in [1.165, 1.54) is 58.3 Å². The first-order valence-corrected chi connectivity index (χ1v) is 8.90. The van der Waals surface area contributed by atoms with E-state index in [2.05, 4.69) is 24.7 Å². The van der Waals surface area contributed by atoms with Crippen LogP contribution in [0.25, 0.3) is 0 Å². The van der Waals surface area contributed by atoms with Gasteiger partial charge >= 0.3 is 0 Å². The SMILES string of the molecule is c1cnc(N2CC(N3CCN(C4CCCCC4)CC3)C2)nc1. The van der Waals surface area contributed by atoms with Crippen LogP contribution in [-0.4, -0.2) is 71.1 Å². The molecule has 1 aromatic heterocycles. The molecular weight excluding hydrogens is 274 g/mol. The zero-order valence-electron chi connectivity index (χ0n) is 13.4. The van der Waals surface area contributed by atoms with Gasteiger partial charge in [-0.25, -0.2) is 9.97 Å². The summed E-state index contributed by atoms with van der Waals surface area (Å²) >= 11 is 0. The molecule has 4 rings (SSSR count). The van der Waals surface area contributed by atoms with Crippen LogP contribution in [0.3, 0.4) is 0 Å². The minimum absolute atomic E-state index is 0.706. The van der Waals surface area contributed by atoms with Crippen molar-refractivity contribution in [2.24, 2.45) is 0 Å². The van der Waals surface area contributed by atoms with Crippen LogP contribution in [0.4, 0.5) is 5.95 Å². The van der Waals surface area contributed by atoms with Crippen molar-refractivity contribution in [3.63, 3.8) is 0 Å². The molecule has 1 saturated carbocycles. The zero-order chi connectivity index (χ0) is 14.8. The van der Waals surface area contributed by atoms with Crippen LogP contribution in [0.5, 0.6) is 0 Å². The Morgan fingerprint density at radius 2 is 1.36 bits per heavy atom. The minimum atomic E-state index is 0.706. The third-order valence-corrected chi connectivity index (χ3v) is 5.65. The molecule has 5 nitrogen and oxygen atoms in total. The lowest BCUT2D eigenvalue weighted by molar-refractivity contribution is 0.0485. The summed E-state index contributed by atoms with van der Waals surface area (Å²) in [6.07, 6.45) is 10.9. The first-order chi connectivity index (χ1) is 10.9. The Morgan fingerprint density at radius 3 is 2.00 bits per heavy atom. The number of rotatable bonds is 3. The first kappa shape index (κ1) is 14.4. The van der Waals surface area contributed by atoms with Gasteiger partial charge in [0.15, 0.2) is 0 Å². The van der Waals surface area contributed by atoms with Gasteiger partial charge in [0.1, 0.15) is 0 Å². The smallest absolute Gasteiger partial charge is 0.225 e. The number of hydrogen-bond acceptors (Lipinski definition) is 5. The molecule has 0 spiro atoms. The molecule has 2 saturated heterocycles. The summed E-state index contributed by atoms with van der Waals surface area (Å²) in [5.74, 6) is 0.889. The number of hydrogen-bond donors (Lipinski definition) is 0. The second-order valence-corrected chi connectivity index (χ2v) is 6.97. The molecule has 0 amide bonds. The molecule has 1 aromatic rings. The van der Waals surface area contributed by atoms with E-state index in [-0.39, 0.29) is 0 Å². The van der Waals surface area contributed by atoms with Crippen LogP contribution in [0.15, 0.2) is 18.5 Å². The highest BCUT2D eigenvalue weighted by Gasteiger charge is 2.35. The average Bonchev–Trinajstić information content (AvgIpc) is 2.56. The maximum atomic E-state index is 4.34. The lowest BCUT2D eigenvalue weighted by Gasteiger charge is -2.49. The molecular formula is C17H27N5. The van der Waals surface area contributed by atoms with E-state index in [1.54, 1.807) is 0 Å². The van der Waals surface area contributed by atoms with Crippen molar-refractivity contribution in [2.75, 3.05) is 44.2 Å². The summed E-state index contributed by atoms with van der Waals surface area (Å²) in [5, 5.41) is 0. The molecule has 3 heterocycles. The fourth-order valence-corrected chi connectivity index (χ4v) is 4.22. The van der Waals surface area contributed by atoms with Gasteiger partial charge < -0.3 is 4.90 Å². The van der Waals surface area contributed by atoms with Gasteiger partial charge in [0.2, 0.25) is 5.95 Å². The summed E-state index contributed by atoms with van der Waals surface area (Å²) in [4.78, 5) is 16.4. The van der Waals surface area contributed by atoms with E-state index in [9.17, 15) is 0 Å². The molecule has 120 valence electrons. The Hall–Kier alpha value is -1.20. The van der Waals surface area contributed by atoms with Crippen molar-refractivity contribution in [1.29, 1.82) is 0 Å². The number of aromatic nitrogens is 2. The molecule has 0 unspecified atom stereocenters. The highest BCUT2D eigenvalue weighted by Crippen LogP contribution is 2.25. The van der Waals surface area contributed by atoms with E-state index < -0.39 is 0 Å². The molecule has 0 radical (unpaired) electrons. The van der Waals surface area contributed by atoms with Crippen molar-refractivity contribution in [2.45, 2.75) is 44.2 Å². The van der Waals surface area contributed by atoms with Crippen LogP contribution in [-0.2, 0) is 0 Å². The third-order valence-electron chi connectivity index (χ3n) is 5.65. The zero-order valence-corrected chi connectivity index (χ0v) is 13.4. The predicted molar refractivity (Wildman–Crippen MR) is 88.1 cm³/mol. The molecule has 0 N–H and O–H groups in total. The Kier molecular flexibility index (Phi) is 4.26. The van der Waals surface area contributed by atoms with Crippen molar-refractivity contribution in [1.82, 2.24) is 19.8 Å². The van der Waals surface area contributed by atoms with Gasteiger partial charge in [-0.3, -0.25) is 9.80 Å². The number of anilines is 1. The lowest BCUT2D eigenvalue weighted by atomic mass is 9.93. The standard InChI is InChI=1S/C17H27N5/c1-2-5-15(6-3-1)20-9-11-21(12-10-20)16-13-22(14-16)17-18-7-4-8-19-17/h4,7-8,15-16H,1-3,5-6,9-14H2. The summed E-state index contributed by atoms with van der Waals surface area (Å²) in [6, 6.07) is 3.47. The van der Waals surface area contributed by atoms with Crippen molar-refractivity contribution < 1.29 is 0 Å². The van der Waals surface area contributed by atoms with Crippen LogP contribution in [0.2, 0.25) is 0 Å². The molecule has 1 aliphatic carbocycles. The van der Waals surface area contributed by atoms with Crippen molar-refractivity contribution in [3.05, 3.63) is 18.5 Å². The Balaban J connectivity index is 1.23. The van der Waals surface area contributed by atoms with E-state index in [0.29, 0.717) is 6.04 Å². The van der Waals surface area contributed by atoms with Gasteiger partial charge in [-0.15, -0.1) is 0 Å². The highest BCUT2D eigenvalue weighted by atomic mass is 15.4. The number of nitrogens with zero attached hydrogens (tertiary/aromatic N) is 5. The average molecular weight is 301 g/mol. The topological polar surface area (TPSA) is 35.5 Å². The molecule has 3 fully saturated rings. The van der Waals surface area contributed by atoms with Gasteiger partial charge in [-0.05, 0) is 18.9 Å². The van der Waals surface area contributed by atoms with Crippen molar-refractivity contribution >= 4 is 5.95 Å². The largest absolute Gasteiger partial charge is 0.338 e. The van der Waals surface area contributed by atoms with Gasteiger partial charge in [0.25, 0.3) is 0 Å². The molecule has 3 aliphatic rings. The van der Waals surface area contributed by atoms with Gasteiger partial charge in [0.05, 0.1) is 0 Å². The molecule has 0 bridgehead atoms. The first-order valence-electron chi connectivity index (χ1n) is 8.90. The maximum absolute atomic E-state index is 4.34. The monoisotopic (exact) mass is 301 g/mol. The predicted octanol–water partition coefficient (Wildman–Crippen LogP) is 1.62. The summed E-state index contributed by atoms with van der Waals surface area (Å²) in [5.41, 5.74) is 0. The normalized spacial score (nSPS) is 26.1. The molecule has 2 aliphatic heterocycles. The summed E-state index contributed by atoms with van der Waals surface area (Å²) in [7, 11) is 0. The molecule has 0 aromatic carbocycles. The molecule has 5 heteroatoms. The van der Waals surface area contributed by atoms with E-state index in [0.717, 1.165) is 25.1 Å². The van der Waals surface area contributed by atoms with E-state index in [1.807, 2.05) is 18.5 Å². The molecule has 22 heavy (non-hydrogen) atoms. The Bertz CT molecular complexity index is 459. The minimum Gasteiger partial charge on any atom is -0.338 e. The van der Waals surface area contributed by atoms with Crippen LogP contribution in [0.1, 0.15) is 32.1 Å². The van der Waals surface area contributed by atoms with Crippen molar-refractivity contribution in [3.8, 4) is 0 Å². The summed E-state index contributed by atoms with van der Waals surface area (Å²) < 4.78 is 0. The second-order valence-electron chi connectivity index (χ2n) is 6.97. The van der Waals surface area contributed by atoms with Crippen LogP contribution in [0, 0.1) is 0 Å². The Morgan fingerprint density at radius 1 is 0.773 bits per heavy atom. The van der Waals surface area contributed by atoms with Gasteiger partial charge in [-0.2, -0.15) is 0 Å². The molecule has 0 atom stereocenters. The summed E-state index contributed by atoms with van der Waals surface area (Å²) in [6.45, 7) is 7.20. The number of piperazine rings is 1. The van der Waals surface area contributed by atoms with E-state index >= 15 is 0 Å². The van der Waals surface area contributed by atoms with Gasteiger partial charge in [0, 0.05) is 63.7 Å². The third kappa shape index (κ3) is 2.97. The highest BCUT2D eigenvalue weighted by molar-refractivity contribution is 5.34. The Labute approximate surface area is 133 Å². The van der Waals surface area contributed by atoms with Crippen LogP contribution >= 0.6 is 0 Å². The quantitative estimate of drug-likeness (QED) is 0.848. The fraction of sp³-hybridized carbons (Fsp3) is 0.765. The fourth-order valence-electron chi connectivity index (χ4n) is 4.22. The second kappa shape index (κ2) is 6.50.